The number of nitrogens with one attached hydrogen (secondary N) is 1. The lowest BCUT2D eigenvalue weighted by Crippen LogP contribution is -2.15. The van der Waals surface area contributed by atoms with Gasteiger partial charge < -0.3 is 5.32 Å². The molecule has 1 aromatic carbocycles. The lowest BCUT2D eigenvalue weighted by atomic mass is 10.1. The number of hydrogen-bond acceptors (Lipinski definition) is 5. The molecule has 0 saturated heterocycles. The quantitative estimate of drug-likeness (QED) is 0.909. The fraction of sp³-hybridized carbons (Fsp3) is 0.308. The van der Waals surface area contributed by atoms with Crippen LogP contribution in [0.2, 0.25) is 0 Å². The molecule has 0 saturated carbocycles. The summed E-state index contributed by atoms with van der Waals surface area (Å²) in [4.78, 5) is 4.56. The van der Waals surface area contributed by atoms with E-state index >= 15 is 0 Å². The summed E-state index contributed by atoms with van der Waals surface area (Å²) >= 11 is 1.59. The smallest absolute Gasteiger partial charge is 0.238 e. The molecule has 20 heavy (non-hydrogen) atoms. The van der Waals surface area contributed by atoms with Gasteiger partial charge in [-0.1, -0.05) is 6.07 Å². The van der Waals surface area contributed by atoms with Crippen LogP contribution in [0.15, 0.2) is 28.5 Å². The van der Waals surface area contributed by atoms with E-state index in [1.165, 1.54) is 6.07 Å². The summed E-state index contributed by atoms with van der Waals surface area (Å²) in [6, 6.07) is 5.01. The van der Waals surface area contributed by atoms with E-state index in [1.807, 2.05) is 25.3 Å². The number of nitrogens with zero attached hydrogens (tertiary/aromatic N) is 1. The molecular formula is C13H17N3O2S2. The number of primary sulfonamides is 1. The van der Waals surface area contributed by atoms with E-state index in [-0.39, 0.29) is 10.9 Å². The second-order valence-corrected chi connectivity index (χ2v) is 7.22. The minimum Gasteiger partial charge on any atom is -0.377 e. The summed E-state index contributed by atoms with van der Waals surface area (Å²) in [5, 5.41) is 11.5. The van der Waals surface area contributed by atoms with Crippen molar-refractivity contribution in [3.63, 3.8) is 0 Å². The van der Waals surface area contributed by atoms with Crippen molar-refractivity contribution in [1.29, 1.82) is 0 Å². The zero-order valence-corrected chi connectivity index (χ0v) is 13.2. The highest BCUT2D eigenvalue weighted by atomic mass is 32.2. The summed E-state index contributed by atoms with van der Waals surface area (Å²) in [6.07, 6.45) is 0. The fourth-order valence-electron chi connectivity index (χ4n) is 1.97. The van der Waals surface area contributed by atoms with E-state index in [0.29, 0.717) is 5.56 Å². The lowest BCUT2D eigenvalue weighted by molar-refractivity contribution is 0.597. The Balaban J connectivity index is 2.31. The summed E-state index contributed by atoms with van der Waals surface area (Å²) in [5.41, 5.74) is 2.30. The predicted octanol–water partition coefficient (Wildman–Crippen LogP) is 2.58. The summed E-state index contributed by atoms with van der Waals surface area (Å²) < 4.78 is 23.0. The van der Waals surface area contributed by atoms with Gasteiger partial charge in [0.1, 0.15) is 0 Å². The van der Waals surface area contributed by atoms with Crippen molar-refractivity contribution in [2.45, 2.75) is 31.7 Å². The molecule has 5 nitrogen and oxygen atoms in total. The number of thiazole rings is 1. The monoisotopic (exact) mass is 311 g/mol. The van der Waals surface area contributed by atoms with Crippen LogP contribution in [-0.4, -0.2) is 13.4 Å². The average Bonchev–Trinajstić information content (AvgIpc) is 2.77. The standard InChI is InChI=1S/C13H17N3O2S2/c1-8-11(5-4-6-13(8)20(14,17)18)15-9(2)12-7-19-10(3)16-12/h4-7,9,15H,1-3H3,(H2,14,17,18). The Bertz CT molecular complexity index is 723. The zero-order chi connectivity index (χ0) is 14.9. The summed E-state index contributed by atoms with van der Waals surface area (Å²) in [5.74, 6) is 0. The van der Waals surface area contributed by atoms with Gasteiger partial charge in [-0.2, -0.15) is 0 Å². The topological polar surface area (TPSA) is 85.1 Å². The molecule has 7 heteroatoms. The molecule has 0 aliphatic rings. The number of aromatic nitrogens is 1. The predicted molar refractivity (Wildman–Crippen MR) is 81.4 cm³/mol. The largest absolute Gasteiger partial charge is 0.377 e. The van der Waals surface area contributed by atoms with Crippen molar-refractivity contribution in [2.75, 3.05) is 5.32 Å². The molecule has 0 spiro atoms. The number of benzene rings is 1. The van der Waals surface area contributed by atoms with E-state index < -0.39 is 10.0 Å². The Morgan fingerprint density at radius 2 is 2.05 bits per heavy atom. The molecule has 0 aliphatic carbocycles. The normalized spacial score (nSPS) is 13.2. The van der Waals surface area contributed by atoms with Crippen LogP contribution >= 0.6 is 11.3 Å². The van der Waals surface area contributed by atoms with E-state index in [9.17, 15) is 8.42 Å². The highest BCUT2D eigenvalue weighted by Gasteiger charge is 2.16. The maximum absolute atomic E-state index is 11.5. The van der Waals surface area contributed by atoms with Crippen molar-refractivity contribution >= 4 is 27.0 Å². The highest BCUT2D eigenvalue weighted by molar-refractivity contribution is 7.89. The van der Waals surface area contributed by atoms with Crippen LogP contribution in [0, 0.1) is 13.8 Å². The second kappa shape index (κ2) is 5.51. The summed E-state index contributed by atoms with van der Waals surface area (Å²) in [7, 11) is -3.71. The maximum atomic E-state index is 11.5. The molecular weight excluding hydrogens is 294 g/mol. The molecule has 0 amide bonds. The fourth-order valence-corrected chi connectivity index (χ4v) is 3.48. The number of nitrogens with two attached hydrogens (primary N) is 1. The number of hydrogen-bond donors (Lipinski definition) is 2. The van der Waals surface area contributed by atoms with Crippen LogP contribution in [0.25, 0.3) is 0 Å². The van der Waals surface area contributed by atoms with E-state index in [1.54, 1.807) is 24.3 Å². The molecule has 1 unspecified atom stereocenters. The van der Waals surface area contributed by atoms with Crippen molar-refractivity contribution in [1.82, 2.24) is 4.98 Å². The van der Waals surface area contributed by atoms with Gasteiger partial charge >= 0.3 is 0 Å². The lowest BCUT2D eigenvalue weighted by Gasteiger charge is -2.16. The Morgan fingerprint density at radius 3 is 2.60 bits per heavy atom. The van der Waals surface area contributed by atoms with Gasteiger partial charge in [-0.05, 0) is 38.5 Å². The van der Waals surface area contributed by atoms with Crippen LogP contribution in [0.5, 0.6) is 0 Å². The van der Waals surface area contributed by atoms with Crippen molar-refractivity contribution in [3.05, 3.63) is 39.8 Å². The third-order valence-electron chi connectivity index (χ3n) is 3.04. The average molecular weight is 311 g/mol. The van der Waals surface area contributed by atoms with Gasteiger partial charge in [-0.15, -0.1) is 11.3 Å². The molecule has 1 atom stereocenters. The molecule has 3 N–H and O–H groups in total. The first-order valence-corrected chi connectivity index (χ1v) is 8.52. The molecule has 0 fully saturated rings. The van der Waals surface area contributed by atoms with Gasteiger partial charge in [-0.3, -0.25) is 0 Å². The SMILES string of the molecule is Cc1nc(C(C)Nc2cccc(S(N)(=O)=O)c2C)cs1. The Kier molecular flexibility index (Phi) is 4.12. The zero-order valence-electron chi connectivity index (χ0n) is 11.5. The van der Waals surface area contributed by atoms with E-state index in [4.69, 9.17) is 5.14 Å². The number of rotatable bonds is 4. The van der Waals surface area contributed by atoms with Crippen LogP contribution in [0.1, 0.15) is 29.2 Å². The molecule has 108 valence electrons. The minimum atomic E-state index is -3.71. The molecule has 1 aromatic heterocycles. The van der Waals surface area contributed by atoms with Gasteiger partial charge in [0.2, 0.25) is 10.0 Å². The van der Waals surface area contributed by atoms with Gasteiger partial charge in [0, 0.05) is 11.1 Å². The van der Waals surface area contributed by atoms with E-state index in [2.05, 4.69) is 10.3 Å². The maximum Gasteiger partial charge on any atom is 0.238 e. The van der Waals surface area contributed by atoms with Crippen LogP contribution in [0.4, 0.5) is 5.69 Å². The molecule has 0 radical (unpaired) electrons. The third-order valence-corrected chi connectivity index (χ3v) is 4.89. The van der Waals surface area contributed by atoms with Crippen molar-refractivity contribution in [3.8, 4) is 0 Å². The number of aryl methyl sites for hydroxylation is 1. The molecule has 2 aromatic rings. The van der Waals surface area contributed by atoms with Gasteiger partial charge in [0.15, 0.2) is 0 Å². The molecule has 0 bridgehead atoms. The van der Waals surface area contributed by atoms with Gasteiger partial charge in [0.25, 0.3) is 0 Å². The van der Waals surface area contributed by atoms with Crippen LogP contribution in [-0.2, 0) is 10.0 Å². The second-order valence-electron chi connectivity index (χ2n) is 4.63. The first kappa shape index (κ1) is 15.0. The van der Waals surface area contributed by atoms with Gasteiger partial charge in [-0.25, -0.2) is 18.5 Å². The molecule has 2 rings (SSSR count). The van der Waals surface area contributed by atoms with E-state index in [0.717, 1.165) is 16.4 Å². The highest BCUT2D eigenvalue weighted by Crippen LogP contribution is 2.26. The van der Waals surface area contributed by atoms with Crippen LogP contribution in [0.3, 0.4) is 0 Å². The molecule has 1 heterocycles. The van der Waals surface area contributed by atoms with Crippen LogP contribution < -0.4 is 10.5 Å². The number of sulfonamides is 1. The Morgan fingerprint density at radius 1 is 1.35 bits per heavy atom. The van der Waals surface area contributed by atoms with Crippen molar-refractivity contribution < 1.29 is 8.42 Å². The first-order chi connectivity index (χ1) is 9.29. The van der Waals surface area contributed by atoms with Gasteiger partial charge in [0.05, 0.1) is 21.6 Å². The summed E-state index contributed by atoms with van der Waals surface area (Å²) in [6.45, 7) is 5.67. The van der Waals surface area contributed by atoms with Crippen molar-refractivity contribution in [2.24, 2.45) is 5.14 Å². The molecule has 0 aliphatic heterocycles. The Labute approximate surface area is 122 Å². The minimum absolute atomic E-state index is 0.00521. The third kappa shape index (κ3) is 3.17. The number of anilines is 1. The first-order valence-electron chi connectivity index (χ1n) is 6.10. The Hall–Kier alpha value is -1.44.